The molecule has 2 amide bonds. The maximum Gasteiger partial charge on any atom is 0.279 e. The Labute approximate surface area is 180 Å². The third-order valence-electron chi connectivity index (χ3n) is 4.44. The van der Waals surface area contributed by atoms with Gasteiger partial charge in [0.15, 0.2) is 11.2 Å². The van der Waals surface area contributed by atoms with Crippen LogP contribution in [0.4, 0.5) is 0 Å². The Morgan fingerprint density at radius 1 is 0.933 bits per heavy atom. The molecule has 154 valence electrons. The van der Waals surface area contributed by atoms with Gasteiger partial charge in [0.25, 0.3) is 5.91 Å². The lowest BCUT2D eigenvalue weighted by molar-refractivity contribution is -0.128. The Bertz CT molecular complexity index is 1040. The Hall–Kier alpha value is -3.45. The molecule has 6 nitrogen and oxygen atoms in total. The highest BCUT2D eigenvalue weighted by atomic mass is 32.1. The molecule has 3 N–H and O–H groups in total. The summed E-state index contributed by atoms with van der Waals surface area (Å²) in [5.41, 5.74) is 6.05. The number of hydrazine groups is 1. The van der Waals surface area contributed by atoms with Gasteiger partial charge in [0.05, 0.1) is 0 Å². The maximum absolute atomic E-state index is 12.2. The number of thiocarbonyl (C=S) groups is 1. The van der Waals surface area contributed by atoms with E-state index in [4.69, 9.17) is 17.0 Å². The van der Waals surface area contributed by atoms with Crippen molar-refractivity contribution >= 4 is 39.9 Å². The molecule has 3 aromatic carbocycles. The number of nitrogens with one attached hydrogen (secondary N) is 3. The Morgan fingerprint density at radius 3 is 2.40 bits per heavy atom. The van der Waals surface area contributed by atoms with Gasteiger partial charge < -0.3 is 10.1 Å². The van der Waals surface area contributed by atoms with Crippen molar-refractivity contribution in [1.29, 1.82) is 0 Å². The van der Waals surface area contributed by atoms with Gasteiger partial charge in [-0.05, 0) is 54.0 Å². The summed E-state index contributed by atoms with van der Waals surface area (Å²) < 4.78 is 5.70. The van der Waals surface area contributed by atoms with Crippen LogP contribution >= 0.6 is 12.2 Å². The minimum absolute atomic E-state index is 0.0271. The monoisotopic (exact) mass is 421 g/mol. The predicted molar refractivity (Wildman–Crippen MR) is 121 cm³/mol. The van der Waals surface area contributed by atoms with Gasteiger partial charge in [-0.2, -0.15) is 0 Å². The van der Waals surface area contributed by atoms with Crippen molar-refractivity contribution in [3.8, 4) is 5.75 Å². The first-order chi connectivity index (χ1) is 14.5. The Kier molecular flexibility index (Phi) is 7.34. The zero-order valence-electron chi connectivity index (χ0n) is 16.6. The van der Waals surface area contributed by atoms with Crippen LogP contribution in [0.3, 0.4) is 0 Å². The number of benzene rings is 3. The molecular weight excluding hydrogens is 398 g/mol. The highest BCUT2D eigenvalue weighted by Crippen LogP contribution is 2.21. The molecule has 0 saturated heterocycles. The number of hydrogen-bond donors (Lipinski definition) is 3. The molecule has 1 atom stereocenters. The van der Waals surface area contributed by atoms with Crippen molar-refractivity contribution in [3.05, 3.63) is 78.4 Å². The van der Waals surface area contributed by atoms with E-state index in [1.165, 1.54) is 0 Å². The molecule has 0 spiro atoms. The molecule has 3 rings (SSSR count). The topological polar surface area (TPSA) is 79.5 Å². The van der Waals surface area contributed by atoms with Crippen molar-refractivity contribution in [3.63, 3.8) is 0 Å². The molecule has 0 aliphatic rings. The van der Waals surface area contributed by atoms with E-state index < -0.39 is 12.0 Å². The standard InChI is InChI=1S/C23H23N3O3S/c1-16(29-20-13-12-18-9-5-6-10-19(18)15-20)22(28)25-26-23(30)24-21(27)14-11-17-7-3-2-4-8-17/h2-10,12-13,15-16H,11,14H2,1H3,(H,25,28)(H2,24,26,27,30)/t16-/m1/s1. The fraction of sp³-hybridized carbons (Fsp3) is 0.174. The van der Waals surface area contributed by atoms with Gasteiger partial charge in [0.1, 0.15) is 5.75 Å². The number of carbonyl (C=O) groups excluding carboxylic acids is 2. The number of rotatable bonds is 6. The van der Waals surface area contributed by atoms with E-state index in [9.17, 15) is 9.59 Å². The van der Waals surface area contributed by atoms with Crippen molar-refractivity contribution in [1.82, 2.24) is 16.2 Å². The number of hydrogen-bond acceptors (Lipinski definition) is 4. The molecule has 30 heavy (non-hydrogen) atoms. The molecule has 7 heteroatoms. The minimum Gasteiger partial charge on any atom is -0.481 e. The van der Waals surface area contributed by atoms with Crippen LogP contribution in [-0.2, 0) is 16.0 Å². The summed E-state index contributed by atoms with van der Waals surface area (Å²) in [5.74, 6) is -0.0525. The highest BCUT2D eigenvalue weighted by molar-refractivity contribution is 7.80. The van der Waals surface area contributed by atoms with Crippen LogP contribution in [0.2, 0.25) is 0 Å². The van der Waals surface area contributed by atoms with E-state index in [0.717, 1.165) is 16.3 Å². The quantitative estimate of drug-likeness (QED) is 0.421. The van der Waals surface area contributed by atoms with Crippen LogP contribution in [0.1, 0.15) is 18.9 Å². The third-order valence-corrected chi connectivity index (χ3v) is 4.64. The molecular formula is C23H23N3O3S. The highest BCUT2D eigenvalue weighted by Gasteiger charge is 2.15. The average molecular weight is 422 g/mol. The Balaban J connectivity index is 1.41. The molecule has 0 unspecified atom stereocenters. The zero-order chi connectivity index (χ0) is 21.3. The molecule has 0 aliphatic carbocycles. The summed E-state index contributed by atoms with van der Waals surface area (Å²) in [7, 11) is 0. The number of carbonyl (C=O) groups is 2. The van der Waals surface area contributed by atoms with Crippen molar-refractivity contribution < 1.29 is 14.3 Å². The lowest BCUT2D eigenvalue weighted by atomic mass is 10.1. The van der Waals surface area contributed by atoms with Crippen LogP contribution in [0.15, 0.2) is 72.8 Å². The van der Waals surface area contributed by atoms with Crippen LogP contribution in [-0.4, -0.2) is 23.0 Å². The molecule has 3 aromatic rings. The van der Waals surface area contributed by atoms with E-state index in [1.54, 1.807) is 6.92 Å². The largest absolute Gasteiger partial charge is 0.481 e. The fourth-order valence-electron chi connectivity index (χ4n) is 2.84. The molecule has 0 saturated carbocycles. The van der Waals surface area contributed by atoms with E-state index in [1.807, 2.05) is 72.8 Å². The lowest BCUT2D eigenvalue weighted by Crippen LogP contribution is -2.51. The summed E-state index contributed by atoms with van der Waals surface area (Å²) >= 11 is 5.05. The number of amides is 2. The van der Waals surface area contributed by atoms with Gasteiger partial charge in [0, 0.05) is 6.42 Å². The smallest absolute Gasteiger partial charge is 0.279 e. The predicted octanol–water partition coefficient (Wildman–Crippen LogP) is 3.26. The zero-order valence-corrected chi connectivity index (χ0v) is 17.4. The van der Waals surface area contributed by atoms with Crippen molar-refractivity contribution in [2.45, 2.75) is 25.9 Å². The molecule has 0 heterocycles. The molecule has 0 radical (unpaired) electrons. The summed E-state index contributed by atoms with van der Waals surface area (Å²) in [5, 5.41) is 4.69. The second kappa shape index (κ2) is 10.4. The van der Waals surface area contributed by atoms with Crippen molar-refractivity contribution in [2.75, 3.05) is 0 Å². The number of ether oxygens (including phenoxy) is 1. The van der Waals surface area contributed by atoms with Gasteiger partial charge in [-0.3, -0.25) is 20.4 Å². The van der Waals surface area contributed by atoms with E-state index in [-0.39, 0.29) is 11.0 Å². The normalized spacial score (nSPS) is 11.4. The SMILES string of the molecule is C[C@@H](Oc1ccc2ccccc2c1)C(=O)NNC(=S)NC(=O)CCc1ccccc1. The third kappa shape index (κ3) is 6.28. The first-order valence-electron chi connectivity index (χ1n) is 9.60. The molecule has 0 bridgehead atoms. The van der Waals surface area contributed by atoms with E-state index >= 15 is 0 Å². The summed E-state index contributed by atoms with van der Waals surface area (Å²) in [6.45, 7) is 1.63. The molecule has 0 fully saturated rings. The average Bonchev–Trinajstić information content (AvgIpc) is 2.76. The van der Waals surface area contributed by atoms with Gasteiger partial charge >= 0.3 is 0 Å². The van der Waals surface area contributed by atoms with Crippen LogP contribution in [0.5, 0.6) is 5.75 Å². The van der Waals surface area contributed by atoms with Crippen molar-refractivity contribution in [2.24, 2.45) is 0 Å². The first-order valence-corrected chi connectivity index (χ1v) is 10.0. The lowest BCUT2D eigenvalue weighted by Gasteiger charge is -2.16. The van der Waals surface area contributed by atoms with Gasteiger partial charge in [-0.15, -0.1) is 0 Å². The van der Waals surface area contributed by atoms with E-state index in [0.29, 0.717) is 18.6 Å². The fourth-order valence-corrected chi connectivity index (χ4v) is 3.01. The summed E-state index contributed by atoms with van der Waals surface area (Å²) in [6, 6.07) is 23.2. The second-order valence-corrected chi connectivity index (χ2v) is 7.15. The number of aryl methyl sites for hydroxylation is 1. The maximum atomic E-state index is 12.2. The van der Waals surface area contributed by atoms with Crippen LogP contribution in [0, 0.1) is 0 Å². The van der Waals surface area contributed by atoms with Gasteiger partial charge in [-0.25, -0.2) is 0 Å². The summed E-state index contributed by atoms with van der Waals surface area (Å²) in [6.07, 6.45) is 0.148. The minimum atomic E-state index is -0.754. The van der Waals surface area contributed by atoms with E-state index in [2.05, 4.69) is 16.2 Å². The Morgan fingerprint density at radius 2 is 1.63 bits per heavy atom. The second-order valence-electron chi connectivity index (χ2n) is 6.75. The molecule has 0 aliphatic heterocycles. The first kappa shape index (κ1) is 21.3. The van der Waals surface area contributed by atoms with Gasteiger partial charge in [0.2, 0.25) is 5.91 Å². The van der Waals surface area contributed by atoms with Crippen LogP contribution < -0.4 is 20.9 Å². The van der Waals surface area contributed by atoms with Crippen LogP contribution in [0.25, 0.3) is 10.8 Å². The summed E-state index contributed by atoms with van der Waals surface area (Å²) in [4.78, 5) is 24.2. The number of fused-ring (bicyclic) bond motifs is 1. The van der Waals surface area contributed by atoms with Gasteiger partial charge in [-0.1, -0.05) is 60.7 Å². The molecule has 0 aromatic heterocycles.